The summed E-state index contributed by atoms with van der Waals surface area (Å²) in [5, 5.41) is 0.0729. The van der Waals surface area contributed by atoms with Gasteiger partial charge in [-0.1, -0.05) is 23.4 Å². The molecule has 0 saturated carbocycles. The highest BCUT2D eigenvalue weighted by Gasteiger charge is 2.31. The van der Waals surface area contributed by atoms with Crippen LogP contribution in [0.15, 0.2) is 35.6 Å². The van der Waals surface area contributed by atoms with E-state index in [9.17, 15) is 18.0 Å². The Kier molecular flexibility index (Phi) is 4.39. The van der Waals surface area contributed by atoms with Gasteiger partial charge in [0, 0.05) is 12.4 Å². The molecular weight excluding hydrogens is 313 g/mol. The highest BCUT2D eigenvalue weighted by Crippen LogP contribution is 2.33. The average Bonchev–Trinajstić information content (AvgIpc) is 2.89. The molecule has 2 heterocycles. The van der Waals surface area contributed by atoms with Crippen molar-refractivity contribution in [3.63, 3.8) is 0 Å². The van der Waals surface area contributed by atoms with Crippen molar-refractivity contribution in [2.45, 2.75) is 11.2 Å². The van der Waals surface area contributed by atoms with E-state index < -0.39 is 11.7 Å². The number of nitrogens with one attached hydrogen (secondary N) is 1. The summed E-state index contributed by atoms with van der Waals surface area (Å²) in [5.74, 6) is -0.142. The highest BCUT2D eigenvalue weighted by atomic mass is 35.5. The molecular formula is C12H8ClF3N2OS. The van der Waals surface area contributed by atoms with E-state index in [4.69, 9.17) is 11.6 Å². The number of hydrogen-bond donors (Lipinski definition) is 1. The Bertz CT molecular complexity index is 614. The Morgan fingerprint density at radius 3 is 2.75 bits per heavy atom. The molecule has 106 valence electrons. The zero-order valence-corrected chi connectivity index (χ0v) is 11.4. The highest BCUT2D eigenvalue weighted by molar-refractivity contribution is 8.00. The summed E-state index contributed by atoms with van der Waals surface area (Å²) in [5.41, 5.74) is -0.483. The normalized spacial score (nSPS) is 11.6. The van der Waals surface area contributed by atoms with Crippen molar-refractivity contribution in [3.05, 3.63) is 46.9 Å². The summed E-state index contributed by atoms with van der Waals surface area (Å²) >= 11 is 6.73. The lowest BCUT2D eigenvalue weighted by Gasteiger charge is -2.08. The van der Waals surface area contributed by atoms with E-state index in [-0.39, 0.29) is 21.6 Å². The molecule has 8 heteroatoms. The Balaban J connectivity index is 2.06. The van der Waals surface area contributed by atoms with Crippen molar-refractivity contribution in [1.82, 2.24) is 9.97 Å². The lowest BCUT2D eigenvalue weighted by molar-refractivity contribution is -0.137. The molecule has 0 fully saturated rings. The average molecular weight is 321 g/mol. The zero-order valence-electron chi connectivity index (χ0n) is 9.87. The van der Waals surface area contributed by atoms with Crippen LogP contribution in [0, 0.1) is 0 Å². The Morgan fingerprint density at radius 2 is 2.20 bits per heavy atom. The van der Waals surface area contributed by atoms with Crippen LogP contribution in [-0.2, 0) is 6.18 Å². The van der Waals surface area contributed by atoms with E-state index in [2.05, 4.69) is 9.97 Å². The van der Waals surface area contributed by atoms with E-state index in [0.717, 1.165) is 17.8 Å². The fraction of sp³-hybridized carbons (Fsp3) is 0.167. The predicted octanol–water partition coefficient (Wildman–Crippen LogP) is 4.06. The molecule has 0 saturated heterocycles. The second-order valence-corrected chi connectivity index (χ2v) is 5.18. The van der Waals surface area contributed by atoms with Gasteiger partial charge in [-0.2, -0.15) is 13.2 Å². The number of carbonyl (C=O) groups excluding carboxylic acids is 1. The molecule has 0 amide bonds. The smallest absolute Gasteiger partial charge is 0.359 e. The number of rotatable bonds is 4. The SMILES string of the molecule is O=C(CSc1ncc(C(F)(F)F)cc1Cl)c1ccc[nH]1. The van der Waals surface area contributed by atoms with Crippen molar-refractivity contribution >= 4 is 29.1 Å². The first-order chi connectivity index (χ1) is 9.38. The molecule has 20 heavy (non-hydrogen) atoms. The number of alkyl halides is 3. The first kappa shape index (κ1) is 14.9. The first-order valence-electron chi connectivity index (χ1n) is 5.40. The minimum Gasteiger partial charge on any atom is -0.359 e. The summed E-state index contributed by atoms with van der Waals surface area (Å²) in [4.78, 5) is 18.1. The molecule has 0 aliphatic rings. The molecule has 0 aliphatic heterocycles. The molecule has 0 spiro atoms. The van der Waals surface area contributed by atoms with Crippen LogP contribution in [0.2, 0.25) is 5.02 Å². The third kappa shape index (κ3) is 3.55. The summed E-state index contributed by atoms with van der Waals surface area (Å²) < 4.78 is 37.3. The van der Waals surface area contributed by atoms with Crippen LogP contribution < -0.4 is 0 Å². The van der Waals surface area contributed by atoms with Crippen LogP contribution in [-0.4, -0.2) is 21.5 Å². The third-order valence-electron chi connectivity index (χ3n) is 2.37. The lowest BCUT2D eigenvalue weighted by atomic mass is 10.3. The van der Waals surface area contributed by atoms with Crippen LogP contribution in [0.5, 0.6) is 0 Å². The summed E-state index contributed by atoms with van der Waals surface area (Å²) in [6.07, 6.45) is -2.17. The molecule has 0 aliphatic carbocycles. The van der Waals surface area contributed by atoms with Gasteiger partial charge in [-0.05, 0) is 18.2 Å². The minimum atomic E-state index is -4.49. The number of pyridine rings is 1. The van der Waals surface area contributed by atoms with Crippen LogP contribution in [0.4, 0.5) is 13.2 Å². The number of H-pyrrole nitrogens is 1. The number of Topliss-reactive ketones (excluding diaryl/α,β-unsaturated/α-hetero) is 1. The second-order valence-electron chi connectivity index (χ2n) is 3.80. The van der Waals surface area contributed by atoms with Crippen molar-refractivity contribution in [1.29, 1.82) is 0 Å². The number of aromatic nitrogens is 2. The van der Waals surface area contributed by atoms with Gasteiger partial charge in [0.15, 0.2) is 5.78 Å². The maximum absolute atomic E-state index is 12.4. The molecule has 0 atom stereocenters. The largest absolute Gasteiger partial charge is 0.417 e. The first-order valence-corrected chi connectivity index (χ1v) is 6.76. The van der Waals surface area contributed by atoms with Crippen LogP contribution >= 0.6 is 23.4 Å². The van der Waals surface area contributed by atoms with E-state index >= 15 is 0 Å². The number of hydrogen-bond acceptors (Lipinski definition) is 3. The lowest BCUT2D eigenvalue weighted by Crippen LogP contribution is -2.06. The topological polar surface area (TPSA) is 45.8 Å². The van der Waals surface area contributed by atoms with Gasteiger partial charge in [-0.3, -0.25) is 4.79 Å². The van der Waals surface area contributed by atoms with Gasteiger partial charge in [0.05, 0.1) is 22.0 Å². The van der Waals surface area contributed by atoms with Crippen molar-refractivity contribution in [2.75, 3.05) is 5.75 Å². The van der Waals surface area contributed by atoms with Gasteiger partial charge in [-0.25, -0.2) is 4.98 Å². The van der Waals surface area contributed by atoms with Crippen LogP contribution in [0.25, 0.3) is 0 Å². The van der Waals surface area contributed by atoms with E-state index in [0.29, 0.717) is 11.9 Å². The van der Waals surface area contributed by atoms with Crippen LogP contribution in [0.1, 0.15) is 16.1 Å². The molecule has 2 rings (SSSR count). The van der Waals surface area contributed by atoms with Crippen LogP contribution in [0.3, 0.4) is 0 Å². The van der Waals surface area contributed by atoms with Gasteiger partial charge in [-0.15, -0.1) is 0 Å². The molecule has 0 unspecified atom stereocenters. The Morgan fingerprint density at radius 1 is 1.45 bits per heavy atom. The minimum absolute atomic E-state index is 0.0403. The fourth-order valence-corrected chi connectivity index (χ4v) is 2.48. The maximum Gasteiger partial charge on any atom is 0.417 e. The van der Waals surface area contributed by atoms with E-state index in [1.807, 2.05) is 0 Å². The Hall–Kier alpha value is -1.47. The number of carbonyl (C=O) groups is 1. The number of aromatic amines is 1. The maximum atomic E-state index is 12.4. The van der Waals surface area contributed by atoms with Gasteiger partial charge in [0.2, 0.25) is 0 Å². The second kappa shape index (κ2) is 5.88. The zero-order chi connectivity index (χ0) is 14.8. The van der Waals surface area contributed by atoms with Gasteiger partial charge in [0.1, 0.15) is 5.03 Å². The van der Waals surface area contributed by atoms with Gasteiger partial charge in [0.25, 0.3) is 0 Å². The molecule has 0 radical (unpaired) electrons. The summed E-state index contributed by atoms with van der Waals surface area (Å²) in [7, 11) is 0. The quantitative estimate of drug-likeness (QED) is 0.682. The molecule has 3 nitrogen and oxygen atoms in total. The molecule has 2 aromatic heterocycles. The van der Waals surface area contributed by atoms with E-state index in [1.165, 1.54) is 0 Å². The molecule has 0 bridgehead atoms. The van der Waals surface area contributed by atoms with Crippen molar-refractivity contribution < 1.29 is 18.0 Å². The number of thioether (sulfide) groups is 1. The standard InChI is InChI=1S/C12H8ClF3N2OS/c13-8-4-7(12(14,15)16)5-18-11(8)20-6-10(19)9-2-1-3-17-9/h1-5,17H,6H2. The van der Waals surface area contributed by atoms with Crippen molar-refractivity contribution in [2.24, 2.45) is 0 Å². The summed E-state index contributed by atoms with van der Waals surface area (Å²) in [6.45, 7) is 0. The van der Waals surface area contributed by atoms with E-state index in [1.54, 1.807) is 18.3 Å². The van der Waals surface area contributed by atoms with Gasteiger partial charge >= 0.3 is 6.18 Å². The fourth-order valence-electron chi connectivity index (χ4n) is 1.40. The molecule has 2 aromatic rings. The number of ketones is 1. The number of halogens is 4. The summed E-state index contributed by atoms with van der Waals surface area (Å²) in [6, 6.07) is 4.10. The number of nitrogens with zero attached hydrogens (tertiary/aromatic N) is 1. The van der Waals surface area contributed by atoms with Crippen molar-refractivity contribution in [3.8, 4) is 0 Å². The predicted molar refractivity (Wildman–Crippen MR) is 70.1 cm³/mol. The monoisotopic (exact) mass is 320 g/mol. The molecule has 0 aromatic carbocycles. The van der Waals surface area contributed by atoms with Gasteiger partial charge < -0.3 is 4.98 Å². The third-order valence-corrected chi connectivity index (χ3v) is 3.78. The Labute approximate surface area is 121 Å². The molecule has 1 N–H and O–H groups in total.